The first-order valence-corrected chi connectivity index (χ1v) is 5.96. The Morgan fingerprint density at radius 1 is 1.26 bits per heavy atom. The van der Waals surface area contributed by atoms with Crippen molar-refractivity contribution in [3.63, 3.8) is 0 Å². The second kappa shape index (κ2) is 7.60. The summed E-state index contributed by atoms with van der Waals surface area (Å²) in [6, 6.07) is 6.79. The zero-order valence-electron chi connectivity index (χ0n) is 10.2. The minimum atomic E-state index is -1.02. The molecule has 19 heavy (non-hydrogen) atoms. The second-order valence-corrected chi connectivity index (χ2v) is 4.31. The largest absolute Gasteiger partial charge is 0.492 e. The Balaban J connectivity index is 2.40. The average Bonchev–Trinajstić information content (AvgIpc) is 2.30. The molecule has 0 aromatic heterocycles. The lowest BCUT2D eigenvalue weighted by molar-refractivity contribution is -0.138. The number of benzene rings is 1. The van der Waals surface area contributed by atoms with Crippen molar-refractivity contribution < 1.29 is 19.4 Å². The molecule has 0 aliphatic heterocycles. The van der Waals surface area contributed by atoms with Crippen molar-refractivity contribution in [2.45, 2.75) is 0 Å². The molecule has 1 rings (SSSR count). The van der Waals surface area contributed by atoms with Crippen molar-refractivity contribution in [2.75, 3.05) is 26.2 Å². The van der Waals surface area contributed by atoms with Crippen LogP contribution >= 0.6 is 11.6 Å². The molecular formula is C12H15ClN2O4. The van der Waals surface area contributed by atoms with Gasteiger partial charge in [-0.05, 0) is 24.3 Å². The van der Waals surface area contributed by atoms with Crippen LogP contribution in [0.15, 0.2) is 24.3 Å². The summed E-state index contributed by atoms with van der Waals surface area (Å²) in [5, 5.41) is 9.30. The van der Waals surface area contributed by atoms with E-state index >= 15 is 0 Å². The maximum atomic E-state index is 10.8. The van der Waals surface area contributed by atoms with E-state index < -0.39 is 11.9 Å². The summed E-state index contributed by atoms with van der Waals surface area (Å²) in [6.07, 6.45) is 0. The first kappa shape index (κ1) is 15.3. The first-order chi connectivity index (χ1) is 8.97. The zero-order chi connectivity index (χ0) is 14.3. The summed E-state index contributed by atoms with van der Waals surface area (Å²) >= 11 is 5.73. The number of ether oxygens (including phenoxy) is 1. The van der Waals surface area contributed by atoms with Gasteiger partial charge in [0, 0.05) is 11.6 Å². The fourth-order valence-electron chi connectivity index (χ4n) is 1.45. The van der Waals surface area contributed by atoms with Crippen LogP contribution < -0.4 is 10.5 Å². The number of nitrogens with zero attached hydrogens (tertiary/aromatic N) is 1. The highest BCUT2D eigenvalue weighted by Crippen LogP contribution is 2.15. The van der Waals surface area contributed by atoms with Gasteiger partial charge < -0.3 is 15.6 Å². The monoisotopic (exact) mass is 286 g/mol. The van der Waals surface area contributed by atoms with Crippen LogP contribution in [-0.2, 0) is 9.59 Å². The third-order valence-corrected chi connectivity index (χ3v) is 2.48. The molecule has 1 aromatic carbocycles. The summed E-state index contributed by atoms with van der Waals surface area (Å²) in [4.78, 5) is 22.8. The topological polar surface area (TPSA) is 92.9 Å². The molecule has 0 spiro atoms. The Kier molecular flexibility index (Phi) is 6.11. The lowest BCUT2D eigenvalue weighted by Crippen LogP contribution is -2.39. The minimum absolute atomic E-state index is 0.115. The molecular weight excluding hydrogens is 272 g/mol. The normalized spacial score (nSPS) is 10.4. The molecule has 0 atom stereocenters. The van der Waals surface area contributed by atoms with E-state index in [-0.39, 0.29) is 26.2 Å². The number of carboxylic acid groups (broad SMARTS) is 1. The predicted molar refractivity (Wildman–Crippen MR) is 70.2 cm³/mol. The van der Waals surface area contributed by atoms with Gasteiger partial charge in [-0.3, -0.25) is 14.5 Å². The maximum absolute atomic E-state index is 10.8. The summed E-state index contributed by atoms with van der Waals surface area (Å²) < 4.78 is 5.41. The van der Waals surface area contributed by atoms with Gasteiger partial charge in [0.15, 0.2) is 0 Å². The summed E-state index contributed by atoms with van der Waals surface area (Å²) in [5.41, 5.74) is 5.04. The van der Waals surface area contributed by atoms with Crippen LogP contribution in [0.25, 0.3) is 0 Å². The molecule has 0 saturated heterocycles. The maximum Gasteiger partial charge on any atom is 0.317 e. The van der Waals surface area contributed by atoms with Crippen molar-refractivity contribution in [1.82, 2.24) is 4.90 Å². The van der Waals surface area contributed by atoms with Gasteiger partial charge in [-0.1, -0.05) is 11.6 Å². The number of aliphatic carboxylic acids is 1. The lowest BCUT2D eigenvalue weighted by atomic mass is 10.3. The number of primary amides is 1. The fraction of sp³-hybridized carbons (Fsp3) is 0.333. The molecule has 0 aliphatic rings. The van der Waals surface area contributed by atoms with E-state index in [1.165, 1.54) is 4.90 Å². The van der Waals surface area contributed by atoms with E-state index in [1.807, 2.05) is 0 Å². The quantitative estimate of drug-likeness (QED) is 0.730. The smallest absolute Gasteiger partial charge is 0.317 e. The van der Waals surface area contributed by atoms with Crippen LogP contribution in [-0.4, -0.2) is 48.1 Å². The molecule has 104 valence electrons. The van der Waals surface area contributed by atoms with Crippen LogP contribution in [0.5, 0.6) is 5.75 Å². The van der Waals surface area contributed by atoms with Gasteiger partial charge >= 0.3 is 5.97 Å². The molecule has 1 aromatic rings. The molecule has 1 amide bonds. The van der Waals surface area contributed by atoms with E-state index in [2.05, 4.69) is 0 Å². The van der Waals surface area contributed by atoms with Crippen LogP contribution in [0.1, 0.15) is 0 Å². The number of rotatable bonds is 8. The molecule has 0 bridgehead atoms. The number of carbonyl (C=O) groups excluding carboxylic acids is 1. The highest BCUT2D eigenvalue weighted by atomic mass is 35.5. The Morgan fingerprint density at radius 2 is 1.89 bits per heavy atom. The van der Waals surface area contributed by atoms with E-state index in [9.17, 15) is 9.59 Å². The molecule has 0 heterocycles. The van der Waals surface area contributed by atoms with E-state index in [1.54, 1.807) is 24.3 Å². The third kappa shape index (κ3) is 6.64. The SMILES string of the molecule is NC(=O)CN(CCOc1ccc(Cl)cc1)CC(=O)O. The Bertz CT molecular complexity index is 420. The van der Waals surface area contributed by atoms with Gasteiger partial charge in [0.1, 0.15) is 12.4 Å². The molecule has 0 radical (unpaired) electrons. The van der Waals surface area contributed by atoms with Crippen molar-refractivity contribution in [3.8, 4) is 5.75 Å². The summed E-state index contributed by atoms with van der Waals surface area (Å²) in [5.74, 6) is -0.973. The van der Waals surface area contributed by atoms with Crippen LogP contribution in [0.2, 0.25) is 5.02 Å². The lowest BCUT2D eigenvalue weighted by Gasteiger charge is -2.18. The zero-order valence-corrected chi connectivity index (χ0v) is 11.0. The van der Waals surface area contributed by atoms with Gasteiger partial charge in [-0.25, -0.2) is 0 Å². The Morgan fingerprint density at radius 3 is 2.42 bits per heavy atom. The highest BCUT2D eigenvalue weighted by Gasteiger charge is 2.12. The summed E-state index contributed by atoms with van der Waals surface area (Å²) in [6.45, 7) is 0.170. The average molecular weight is 287 g/mol. The molecule has 0 aliphatic carbocycles. The minimum Gasteiger partial charge on any atom is -0.492 e. The third-order valence-electron chi connectivity index (χ3n) is 2.23. The molecule has 0 fully saturated rings. The summed E-state index contributed by atoms with van der Waals surface area (Å²) in [7, 11) is 0. The van der Waals surface area contributed by atoms with Gasteiger partial charge in [-0.2, -0.15) is 0 Å². The van der Waals surface area contributed by atoms with Crippen LogP contribution in [0.4, 0.5) is 0 Å². The number of amides is 1. The molecule has 6 nitrogen and oxygen atoms in total. The molecule has 7 heteroatoms. The number of carbonyl (C=O) groups is 2. The van der Waals surface area contributed by atoms with Crippen LogP contribution in [0.3, 0.4) is 0 Å². The number of carboxylic acids is 1. The second-order valence-electron chi connectivity index (χ2n) is 3.87. The van der Waals surface area contributed by atoms with Gasteiger partial charge in [-0.15, -0.1) is 0 Å². The molecule has 0 saturated carbocycles. The number of hydrogen-bond acceptors (Lipinski definition) is 4. The highest BCUT2D eigenvalue weighted by molar-refractivity contribution is 6.30. The number of nitrogens with two attached hydrogens (primary N) is 1. The predicted octanol–water partition coefficient (Wildman–Crippen LogP) is 0.591. The van der Waals surface area contributed by atoms with Gasteiger partial charge in [0.2, 0.25) is 5.91 Å². The number of halogens is 1. The van der Waals surface area contributed by atoms with E-state index in [0.717, 1.165) is 0 Å². The van der Waals surface area contributed by atoms with Gasteiger partial charge in [0.25, 0.3) is 0 Å². The first-order valence-electron chi connectivity index (χ1n) is 5.58. The Hall–Kier alpha value is -1.79. The molecule has 0 unspecified atom stereocenters. The van der Waals surface area contributed by atoms with Crippen molar-refractivity contribution in [1.29, 1.82) is 0 Å². The Labute approximate surface area is 115 Å². The molecule has 3 N–H and O–H groups in total. The van der Waals surface area contributed by atoms with Crippen molar-refractivity contribution in [3.05, 3.63) is 29.3 Å². The fourth-order valence-corrected chi connectivity index (χ4v) is 1.58. The van der Waals surface area contributed by atoms with Crippen molar-refractivity contribution >= 4 is 23.5 Å². The van der Waals surface area contributed by atoms with Crippen molar-refractivity contribution in [2.24, 2.45) is 5.73 Å². The van der Waals surface area contributed by atoms with E-state index in [4.69, 9.17) is 27.2 Å². The number of hydrogen-bond donors (Lipinski definition) is 2. The standard InChI is InChI=1S/C12H15ClN2O4/c13-9-1-3-10(4-2-9)19-6-5-15(7-11(14)16)8-12(17)18/h1-4H,5-8H2,(H2,14,16)(H,17,18). The van der Waals surface area contributed by atoms with E-state index in [0.29, 0.717) is 10.8 Å². The van der Waals surface area contributed by atoms with Gasteiger partial charge in [0.05, 0.1) is 13.1 Å². The van der Waals surface area contributed by atoms with Crippen LogP contribution in [0, 0.1) is 0 Å².